The molecule has 5 nitrogen and oxygen atoms in total. The van der Waals surface area contributed by atoms with Crippen LogP contribution in [-0.2, 0) is 6.42 Å². The first-order chi connectivity index (χ1) is 30.2. The average molecular weight is 782 g/mol. The highest BCUT2D eigenvalue weighted by atomic mass is 16.3. The molecule has 1 aliphatic carbocycles. The van der Waals surface area contributed by atoms with Gasteiger partial charge in [0, 0.05) is 44.2 Å². The highest BCUT2D eigenvalue weighted by Gasteiger charge is 2.26. The first kappa shape index (κ1) is 34.0. The van der Waals surface area contributed by atoms with Gasteiger partial charge in [0.25, 0.3) is 0 Å². The quantitative estimate of drug-likeness (QED) is 0.178. The van der Waals surface area contributed by atoms with Gasteiger partial charge >= 0.3 is 0 Å². The van der Waals surface area contributed by atoms with E-state index >= 15 is 0 Å². The third-order valence-corrected chi connectivity index (χ3v) is 12.8. The van der Waals surface area contributed by atoms with Crippen LogP contribution in [0.3, 0.4) is 0 Å². The van der Waals surface area contributed by atoms with Crippen molar-refractivity contribution in [1.82, 2.24) is 15.0 Å². The van der Waals surface area contributed by atoms with E-state index in [0.29, 0.717) is 17.5 Å². The van der Waals surface area contributed by atoms with Crippen molar-refractivity contribution in [2.24, 2.45) is 0 Å². The molecule has 0 bridgehead atoms. The molecule has 0 amide bonds. The van der Waals surface area contributed by atoms with E-state index < -0.39 is 0 Å². The Hall–Kier alpha value is -7.89. The Balaban J connectivity index is 1.02. The third kappa shape index (κ3) is 5.44. The summed E-state index contributed by atoms with van der Waals surface area (Å²) in [6.45, 7) is 0. The zero-order valence-electron chi connectivity index (χ0n) is 33.0. The fourth-order valence-corrected chi connectivity index (χ4v) is 9.86. The Morgan fingerprint density at radius 3 is 1.93 bits per heavy atom. The lowest BCUT2D eigenvalue weighted by Crippen LogP contribution is -2.02. The Morgan fingerprint density at radius 1 is 0.393 bits per heavy atom. The number of para-hydroxylation sites is 1. The second-order valence-corrected chi connectivity index (χ2v) is 16.2. The lowest BCUT2D eigenvalue weighted by Gasteiger charge is -2.20. The summed E-state index contributed by atoms with van der Waals surface area (Å²) in [5.74, 6) is 1.98. The summed E-state index contributed by atoms with van der Waals surface area (Å²) in [5, 5.41) is 8.85. The molecule has 0 spiro atoms. The zero-order valence-corrected chi connectivity index (χ0v) is 33.0. The lowest BCUT2D eigenvalue weighted by atomic mass is 9.84. The lowest BCUT2D eigenvalue weighted by molar-refractivity contribution is 0.668. The molecule has 0 aliphatic heterocycles. The maximum absolute atomic E-state index is 6.65. The van der Waals surface area contributed by atoms with Crippen LogP contribution in [-0.4, -0.2) is 15.0 Å². The number of benzene rings is 9. The Morgan fingerprint density at radius 2 is 1.02 bits per heavy atom. The number of rotatable bonds is 4. The van der Waals surface area contributed by atoms with Crippen molar-refractivity contribution in [2.45, 2.75) is 18.8 Å². The van der Waals surface area contributed by atoms with Crippen LogP contribution in [0.5, 0.6) is 0 Å². The SMILES string of the molecule is c1ccc2c(c1)CCC(c1ccc3oc4cccc(-c5nc(-c6ccc7oc8ccccc8c7c6)nc(-c6cccc7ccccc67)n5)c4c3c1)c1cc3ccccc3cc1-2. The summed E-state index contributed by atoms with van der Waals surface area (Å²) in [5.41, 5.74) is 12.7. The Bertz CT molecular complexity index is 3740. The average Bonchev–Trinajstić information content (AvgIpc) is 3.84. The van der Waals surface area contributed by atoms with E-state index in [0.717, 1.165) is 84.2 Å². The van der Waals surface area contributed by atoms with Crippen molar-refractivity contribution in [2.75, 3.05) is 0 Å². The molecule has 3 aromatic heterocycles. The fourth-order valence-electron chi connectivity index (χ4n) is 9.86. The van der Waals surface area contributed by atoms with Gasteiger partial charge in [-0.15, -0.1) is 0 Å². The molecule has 0 N–H and O–H groups in total. The van der Waals surface area contributed by atoms with E-state index in [4.69, 9.17) is 23.8 Å². The fraction of sp³-hybridized carbons (Fsp3) is 0.0536. The summed E-state index contributed by atoms with van der Waals surface area (Å²) >= 11 is 0. The topological polar surface area (TPSA) is 65.0 Å². The molecule has 0 saturated carbocycles. The van der Waals surface area contributed by atoms with Gasteiger partial charge in [0.15, 0.2) is 17.5 Å². The van der Waals surface area contributed by atoms with Crippen molar-refractivity contribution < 1.29 is 8.83 Å². The standard InChI is InChI=1S/C56H35N3O2/c1-2-14-36-30-46-41(26-23-34-12-4-6-17-40(34)45(46)29-35(36)13-1)37-24-27-51-48(31-37)53-44(20-10-22-52(53)61-51)56-58-54(38-25-28-50-47(32-38)42-18-7-8-21-49(42)60-50)57-55(59-56)43-19-9-15-33-11-3-5-16-39(33)43/h1-22,24-25,27-32,41H,23,26H2. The van der Waals surface area contributed by atoms with Gasteiger partial charge in [0.1, 0.15) is 22.3 Å². The van der Waals surface area contributed by atoms with E-state index in [1.165, 1.54) is 38.6 Å². The molecule has 12 aromatic rings. The minimum atomic E-state index is 0.184. The molecule has 0 fully saturated rings. The molecular weight excluding hydrogens is 747 g/mol. The highest BCUT2D eigenvalue weighted by molar-refractivity contribution is 6.12. The van der Waals surface area contributed by atoms with Crippen LogP contribution in [0.2, 0.25) is 0 Å². The summed E-state index contributed by atoms with van der Waals surface area (Å²) < 4.78 is 12.9. The summed E-state index contributed by atoms with van der Waals surface area (Å²) in [6.07, 6.45) is 1.99. The third-order valence-electron chi connectivity index (χ3n) is 12.8. The van der Waals surface area contributed by atoms with E-state index in [2.05, 4.69) is 140 Å². The minimum Gasteiger partial charge on any atom is -0.456 e. The molecule has 9 aromatic carbocycles. The van der Waals surface area contributed by atoms with Gasteiger partial charge in [-0.25, -0.2) is 15.0 Å². The van der Waals surface area contributed by atoms with Gasteiger partial charge in [-0.1, -0.05) is 127 Å². The zero-order chi connectivity index (χ0) is 40.0. The van der Waals surface area contributed by atoms with Crippen LogP contribution in [0.4, 0.5) is 0 Å². The van der Waals surface area contributed by atoms with Gasteiger partial charge in [-0.2, -0.15) is 0 Å². The van der Waals surface area contributed by atoms with Crippen molar-refractivity contribution >= 4 is 65.4 Å². The van der Waals surface area contributed by atoms with Crippen LogP contribution in [0.15, 0.2) is 191 Å². The predicted octanol–water partition coefficient (Wildman–Crippen LogP) is 14.7. The summed E-state index contributed by atoms with van der Waals surface area (Å²) in [6, 6.07) is 64.5. The van der Waals surface area contributed by atoms with Crippen molar-refractivity contribution in [3.8, 4) is 45.3 Å². The molecule has 0 radical (unpaired) electrons. The van der Waals surface area contributed by atoms with E-state index in [9.17, 15) is 0 Å². The van der Waals surface area contributed by atoms with Crippen LogP contribution in [0.1, 0.15) is 29.0 Å². The Labute approximate surface area is 350 Å². The molecule has 1 unspecified atom stereocenters. The van der Waals surface area contributed by atoms with Crippen molar-refractivity contribution in [3.05, 3.63) is 199 Å². The summed E-state index contributed by atoms with van der Waals surface area (Å²) in [4.78, 5) is 15.8. The number of nitrogens with zero attached hydrogens (tertiary/aromatic N) is 3. The maximum atomic E-state index is 6.65. The van der Waals surface area contributed by atoms with E-state index in [1.807, 2.05) is 42.5 Å². The molecule has 1 atom stereocenters. The monoisotopic (exact) mass is 781 g/mol. The first-order valence-corrected chi connectivity index (χ1v) is 20.9. The van der Waals surface area contributed by atoms with Gasteiger partial charge in [0.05, 0.1) is 0 Å². The molecule has 0 saturated heterocycles. The van der Waals surface area contributed by atoms with Gasteiger partial charge in [-0.05, 0) is 117 Å². The van der Waals surface area contributed by atoms with Crippen molar-refractivity contribution in [3.63, 3.8) is 0 Å². The highest BCUT2D eigenvalue weighted by Crippen LogP contribution is 2.45. The number of aryl methyl sites for hydroxylation is 1. The number of hydrogen-bond acceptors (Lipinski definition) is 5. The molecule has 286 valence electrons. The van der Waals surface area contributed by atoms with Gasteiger partial charge < -0.3 is 8.83 Å². The second kappa shape index (κ2) is 13.3. The number of fused-ring (bicyclic) bond motifs is 11. The maximum Gasteiger partial charge on any atom is 0.164 e. The van der Waals surface area contributed by atoms with E-state index in [1.54, 1.807) is 0 Å². The van der Waals surface area contributed by atoms with Crippen LogP contribution in [0, 0.1) is 0 Å². The van der Waals surface area contributed by atoms with Gasteiger partial charge in [-0.3, -0.25) is 0 Å². The van der Waals surface area contributed by atoms with Crippen LogP contribution >= 0.6 is 0 Å². The number of hydrogen-bond donors (Lipinski definition) is 0. The molecule has 13 rings (SSSR count). The molecule has 5 heteroatoms. The van der Waals surface area contributed by atoms with Crippen molar-refractivity contribution in [1.29, 1.82) is 0 Å². The normalized spacial score (nSPS) is 13.9. The van der Waals surface area contributed by atoms with Crippen LogP contribution in [0.25, 0.3) is 111 Å². The van der Waals surface area contributed by atoms with E-state index in [-0.39, 0.29) is 5.92 Å². The molecular formula is C56H35N3O2. The summed E-state index contributed by atoms with van der Waals surface area (Å²) in [7, 11) is 0. The predicted molar refractivity (Wildman–Crippen MR) is 248 cm³/mol. The minimum absolute atomic E-state index is 0.184. The van der Waals surface area contributed by atoms with Gasteiger partial charge in [0.2, 0.25) is 0 Å². The molecule has 61 heavy (non-hydrogen) atoms. The molecule has 3 heterocycles. The van der Waals surface area contributed by atoms with Crippen LogP contribution < -0.4 is 0 Å². The smallest absolute Gasteiger partial charge is 0.164 e. The number of furan rings is 2. The Kier molecular flexibility index (Phi) is 7.43. The number of aromatic nitrogens is 3. The second-order valence-electron chi connectivity index (χ2n) is 16.2. The molecule has 1 aliphatic rings. The first-order valence-electron chi connectivity index (χ1n) is 20.9. The largest absolute Gasteiger partial charge is 0.456 e.